The first-order valence-electron chi connectivity index (χ1n) is 7.92. The van der Waals surface area contributed by atoms with E-state index in [9.17, 15) is 9.59 Å². The van der Waals surface area contributed by atoms with E-state index in [2.05, 4.69) is 25.2 Å². The molecule has 2 amide bonds. The van der Waals surface area contributed by atoms with Gasteiger partial charge in [0.1, 0.15) is 0 Å². The largest absolute Gasteiger partial charge is 0.296 e. The van der Waals surface area contributed by atoms with Crippen LogP contribution in [-0.2, 0) is 9.59 Å². The molecule has 0 aromatic heterocycles. The van der Waals surface area contributed by atoms with Crippen molar-refractivity contribution in [3.05, 3.63) is 35.4 Å². The van der Waals surface area contributed by atoms with Gasteiger partial charge in [-0.25, -0.2) is 0 Å². The average Bonchev–Trinajstić information content (AvgIpc) is 2.38. The molecule has 0 bridgehead atoms. The highest BCUT2D eigenvalue weighted by Crippen LogP contribution is 2.48. The van der Waals surface area contributed by atoms with Crippen LogP contribution in [-0.4, -0.2) is 11.8 Å². The third-order valence-corrected chi connectivity index (χ3v) is 4.52. The summed E-state index contributed by atoms with van der Waals surface area (Å²) in [6.07, 6.45) is 4.27. The van der Waals surface area contributed by atoms with E-state index in [1.807, 2.05) is 25.1 Å². The third-order valence-electron chi connectivity index (χ3n) is 4.52. The summed E-state index contributed by atoms with van der Waals surface area (Å²) in [7, 11) is 0. The van der Waals surface area contributed by atoms with Gasteiger partial charge in [0.15, 0.2) is 0 Å². The molecule has 2 rings (SSSR count). The van der Waals surface area contributed by atoms with Crippen LogP contribution in [0.5, 0.6) is 0 Å². The van der Waals surface area contributed by atoms with Gasteiger partial charge in [-0.15, -0.1) is 0 Å². The van der Waals surface area contributed by atoms with Crippen molar-refractivity contribution in [3.63, 3.8) is 0 Å². The van der Waals surface area contributed by atoms with Crippen LogP contribution < -0.4 is 5.32 Å². The molecule has 3 heteroatoms. The van der Waals surface area contributed by atoms with Gasteiger partial charge in [-0.1, -0.05) is 56.5 Å². The summed E-state index contributed by atoms with van der Waals surface area (Å²) >= 11 is 0. The molecule has 1 atom stereocenters. The lowest BCUT2D eigenvalue weighted by molar-refractivity contribution is -0.140. The summed E-state index contributed by atoms with van der Waals surface area (Å²) < 4.78 is 0. The third kappa shape index (κ3) is 3.17. The Morgan fingerprint density at radius 1 is 1.19 bits per heavy atom. The quantitative estimate of drug-likeness (QED) is 0.839. The summed E-state index contributed by atoms with van der Waals surface area (Å²) in [6.45, 7) is 6.29. The van der Waals surface area contributed by atoms with Crippen LogP contribution in [0.4, 0.5) is 0 Å². The zero-order valence-electron chi connectivity index (χ0n) is 13.2. The van der Waals surface area contributed by atoms with Gasteiger partial charge < -0.3 is 0 Å². The molecule has 0 spiro atoms. The van der Waals surface area contributed by atoms with Crippen LogP contribution in [0.3, 0.4) is 0 Å². The van der Waals surface area contributed by atoms with Gasteiger partial charge in [0.2, 0.25) is 11.8 Å². The average molecular weight is 287 g/mol. The molecular formula is C18H25NO2. The predicted octanol–water partition coefficient (Wildman–Crippen LogP) is 3.71. The van der Waals surface area contributed by atoms with Crippen molar-refractivity contribution in [2.24, 2.45) is 5.41 Å². The minimum atomic E-state index is -0.225. The predicted molar refractivity (Wildman–Crippen MR) is 83.9 cm³/mol. The molecule has 0 radical (unpaired) electrons. The number of aryl methyl sites for hydroxylation is 1. The molecular weight excluding hydrogens is 262 g/mol. The van der Waals surface area contributed by atoms with E-state index in [1.54, 1.807) is 0 Å². The fourth-order valence-electron chi connectivity index (χ4n) is 3.89. The maximum atomic E-state index is 12.5. The van der Waals surface area contributed by atoms with E-state index < -0.39 is 0 Å². The zero-order valence-corrected chi connectivity index (χ0v) is 13.2. The first kappa shape index (κ1) is 15.7. The minimum absolute atomic E-state index is 0.120. The van der Waals surface area contributed by atoms with E-state index >= 15 is 0 Å². The number of hydrogen-bond acceptors (Lipinski definition) is 2. The second-order valence-corrected chi connectivity index (χ2v) is 6.30. The van der Waals surface area contributed by atoms with Gasteiger partial charge in [-0.2, -0.15) is 0 Å². The first-order chi connectivity index (χ1) is 10.0. The number of carbonyl (C=O) groups is 2. The van der Waals surface area contributed by atoms with E-state index in [0.717, 1.165) is 36.8 Å². The smallest absolute Gasteiger partial charge is 0.234 e. The molecule has 21 heavy (non-hydrogen) atoms. The molecule has 1 aromatic rings. The molecule has 1 heterocycles. The number of imide groups is 1. The Balaban J connectivity index is 2.49. The van der Waals surface area contributed by atoms with Crippen molar-refractivity contribution in [3.8, 4) is 0 Å². The maximum Gasteiger partial charge on any atom is 0.234 e. The molecule has 1 aliphatic heterocycles. The number of amides is 2. The summed E-state index contributed by atoms with van der Waals surface area (Å²) in [6, 6.07) is 8.14. The van der Waals surface area contributed by atoms with Crippen LogP contribution in [0.1, 0.15) is 63.0 Å². The van der Waals surface area contributed by atoms with Crippen molar-refractivity contribution in [2.45, 2.75) is 58.8 Å². The Bertz CT molecular complexity index is 530. The highest BCUT2D eigenvalue weighted by molar-refractivity contribution is 6.02. The molecule has 114 valence electrons. The van der Waals surface area contributed by atoms with Crippen molar-refractivity contribution in [1.29, 1.82) is 0 Å². The number of benzene rings is 1. The van der Waals surface area contributed by atoms with Crippen molar-refractivity contribution >= 4 is 11.8 Å². The molecule has 3 nitrogen and oxygen atoms in total. The van der Waals surface area contributed by atoms with Crippen LogP contribution in [0.2, 0.25) is 0 Å². The monoisotopic (exact) mass is 287 g/mol. The van der Waals surface area contributed by atoms with E-state index in [-0.39, 0.29) is 23.1 Å². The highest BCUT2D eigenvalue weighted by Gasteiger charge is 2.47. The van der Waals surface area contributed by atoms with E-state index in [1.165, 1.54) is 0 Å². The van der Waals surface area contributed by atoms with Gasteiger partial charge >= 0.3 is 0 Å². The van der Waals surface area contributed by atoms with Gasteiger partial charge in [0, 0.05) is 6.42 Å². The lowest BCUT2D eigenvalue weighted by Gasteiger charge is -2.43. The second kappa shape index (κ2) is 6.42. The SMILES string of the molecule is CCCC1(CCC)CC(=O)NC(=O)C1c1cccc(C)c1. The summed E-state index contributed by atoms with van der Waals surface area (Å²) in [4.78, 5) is 24.5. The number of hydrogen-bond donors (Lipinski definition) is 1. The lowest BCUT2D eigenvalue weighted by Crippen LogP contribution is -2.50. The Morgan fingerprint density at radius 3 is 2.43 bits per heavy atom. The first-order valence-corrected chi connectivity index (χ1v) is 7.92. The Morgan fingerprint density at radius 2 is 1.86 bits per heavy atom. The second-order valence-electron chi connectivity index (χ2n) is 6.30. The van der Waals surface area contributed by atoms with Gasteiger partial charge in [-0.3, -0.25) is 14.9 Å². The summed E-state index contributed by atoms with van der Waals surface area (Å²) in [5, 5.41) is 2.54. The normalized spacial score (nSPS) is 21.2. The Labute approximate surface area is 127 Å². The van der Waals surface area contributed by atoms with Crippen molar-refractivity contribution < 1.29 is 9.59 Å². The molecule has 1 N–H and O–H groups in total. The zero-order chi connectivity index (χ0) is 15.5. The van der Waals surface area contributed by atoms with Gasteiger partial charge in [0.05, 0.1) is 5.92 Å². The van der Waals surface area contributed by atoms with Crippen LogP contribution in [0.25, 0.3) is 0 Å². The van der Waals surface area contributed by atoms with E-state index in [0.29, 0.717) is 6.42 Å². The number of piperidine rings is 1. The topological polar surface area (TPSA) is 46.2 Å². The molecule has 1 fully saturated rings. The fourth-order valence-corrected chi connectivity index (χ4v) is 3.89. The van der Waals surface area contributed by atoms with Gasteiger partial charge in [0.25, 0.3) is 0 Å². The molecule has 1 saturated heterocycles. The number of nitrogens with one attached hydrogen (secondary N) is 1. The summed E-state index contributed by atoms with van der Waals surface area (Å²) in [5.74, 6) is -0.459. The van der Waals surface area contributed by atoms with Gasteiger partial charge in [-0.05, 0) is 30.7 Å². The molecule has 0 saturated carbocycles. The molecule has 1 unspecified atom stereocenters. The minimum Gasteiger partial charge on any atom is -0.296 e. The fraction of sp³-hybridized carbons (Fsp3) is 0.556. The lowest BCUT2D eigenvalue weighted by atomic mass is 9.62. The summed E-state index contributed by atoms with van der Waals surface area (Å²) in [5.41, 5.74) is 1.97. The molecule has 0 aliphatic carbocycles. The Kier molecular flexibility index (Phi) is 4.81. The Hall–Kier alpha value is -1.64. The highest BCUT2D eigenvalue weighted by atomic mass is 16.2. The molecule has 1 aliphatic rings. The number of rotatable bonds is 5. The standard InChI is InChI=1S/C18H25NO2/c1-4-9-18(10-5-2)12-15(20)19-17(21)16(18)14-8-6-7-13(3)11-14/h6-8,11,16H,4-5,9-10,12H2,1-3H3,(H,19,20,21). The van der Waals surface area contributed by atoms with Crippen molar-refractivity contribution in [1.82, 2.24) is 5.32 Å². The van der Waals surface area contributed by atoms with Crippen molar-refractivity contribution in [2.75, 3.05) is 0 Å². The van der Waals surface area contributed by atoms with Crippen LogP contribution in [0, 0.1) is 12.3 Å². The van der Waals surface area contributed by atoms with Crippen LogP contribution in [0.15, 0.2) is 24.3 Å². The van der Waals surface area contributed by atoms with E-state index in [4.69, 9.17) is 0 Å². The molecule has 1 aromatic carbocycles. The van der Waals surface area contributed by atoms with Crippen LogP contribution >= 0.6 is 0 Å². The number of carbonyl (C=O) groups excluding carboxylic acids is 2. The maximum absolute atomic E-state index is 12.5.